The zero-order valence-electron chi connectivity index (χ0n) is 10.4. The van der Waals surface area contributed by atoms with Crippen LogP contribution in [-0.4, -0.2) is 24.0 Å². The van der Waals surface area contributed by atoms with E-state index < -0.39 is 0 Å². The van der Waals surface area contributed by atoms with Gasteiger partial charge in [0, 0.05) is 30.6 Å². The van der Waals surface area contributed by atoms with Crippen LogP contribution in [0.15, 0.2) is 11.2 Å². The first-order valence-corrected chi connectivity index (χ1v) is 6.49. The van der Waals surface area contributed by atoms with E-state index in [2.05, 4.69) is 29.1 Å². The van der Waals surface area contributed by atoms with E-state index in [0.717, 1.165) is 37.4 Å². The van der Waals surface area contributed by atoms with Gasteiger partial charge in [0.1, 0.15) is 0 Å². The Morgan fingerprint density at radius 2 is 2.35 bits per heavy atom. The summed E-state index contributed by atoms with van der Waals surface area (Å²) in [6.07, 6.45) is 5.05. The summed E-state index contributed by atoms with van der Waals surface area (Å²) in [5.41, 5.74) is 5.71. The number of hydrogen-bond donors (Lipinski definition) is 2. The van der Waals surface area contributed by atoms with E-state index in [1.54, 1.807) is 11.3 Å². The van der Waals surface area contributed by atoms with Crippen molar-refractivity contribution in [3.8, 4) is 0 Å². The molecule has 0 atom stereocenters. The van der Waals surface area contributed by atoms with Gasteiger partial charge in [-0.05, 0) is 13.3 Å². The summed E-state index contributed by atoms with van der Waals surface area (Å²) in [6.45, 7) is 5.82. The van der Waals surface area contributed by atoms with Gasteiger partial charge in [-0.3, -0.25) is 4.99 Å². The van der Waals surface area contributed by atoms with E-state index in [-0.39, 0.29) is 24.0 Å². The summed E-state index contributed by atoms with van der Waals surface area (Å²) in [5, 5.41) is 4.24. The Morgan fingerprint density at radius 1 is 1.59 bits per heavy atom. The number of aliphatic imine (C=N–C) groups is 1. The fourth-order valence-corrected chi connectivity index (χ4v) is 2.01. The molecular formula is C11H21IN4S. The normalized spacial score (nSPS) is 11.1. The molecule has 0 aromatic carbocycles. The summed E-state index contributed by atoms with van der Waals surface area (Å²) >= 11 is 1.73. The van der Waals surface area contributed by atoms with Gasteiger partial charge < -0.3 is 11.1 Å². The number of halogens is 1. The van der Waals surface area contributed by atoms with Gasteiger partial charge in [-0.25, -0.2) is 4.98 Å². The predicted molar refractivity (Wildman–Crippen MR) is 85.4 cm³/mol. The summed E-state index contributed by atoms with van der Waals surface area (Å²) in [4.78, 5) is 9.75. The van der Waals surface area contributed by atoms with Crippen molar-refractivity contribution in [1.29, 1.82) is 0 Å². The van der Waals surface area contributed by atoms with E-state index in [9.17, 15) is 0 Å². The summed E-state index contributed by atoms with van der Waals surface area (Å²) in [7, 11) is 0. The molecule has 0 aliphatic carbocycles. The number of thiazole rings is 1. The zero-order valence-corrected chi connectivity index (χ0v) is 13.5. The first-order chi connectivity index (χ1) is 7.72. The highest BCUT2D eigenvalue weighted by molar-refractivity contribution is 14.0. The second-order valence-corrected chi connectivity index (χ2v) is 4.98. The number of hydrogen-bond acceptors (Lipinski definition) is 3. The van der Waals surface area contributed by atoms with E-state index >= 15 is 0 Å². The fourth-order valence-electron chi connectivity index (χ4n) is 1.23. The molecule has 98 valence electrons. The molecule has 0 saturated heterocycles. The molecule has 0 aliphatic rings. The molecule has 0 saturated carbocycles. The maximum Gasteiger partial charge on any atom is 0.188 e. The van der Waals surface area contributed by atoms with Crippen LogP contribution in [0.1, 0.15) is 29.7 Å². The van der Waals surface area contributed by atoms with Gasteiger partial charge in [-0.2, -0.15) is 0 Å². The van der Waals surface area contributed by atoms with Gasteiger partial charge in [0.15, 0.2) is 5.96 Å². The van der Waals surface area contributed by atoms with Crippen LogP contribution in [0.2, 0.25) is 0 Å². The Bertz CT molecular complexity index is 338. The number of rotatable bonds is 6. The van der Waals surface area contributed by atoms with Crippen LogP contribution in [0, 0.1) is 6.92 Å². The topological polar surface area (TPSA) is 63.3 Å². The molecule has 0 unspecified atom stereocenters. The maximum atomic E-state index is 5.71. The first kappa shape index (κ1) is 16.6. The van der Waals surface area contributed by atoms with Crippen LogP contribution in [0.4, 0.5) is 0 Å². The van der Waals surface area contributed by atoms with Gasteiger partial charge in [0.25, 0.3) is 0 Å². The molecule has 6 heteroatoms. The van der Waals surface area contributed by atoms with Crippen LogP contribution in [-0.2, 0) is 6.42 Å². The lowest BCUT2D eigenvalue weighted by Crippen LogP contribution is -2.33. The molecular weight excluding hydrogens is 347 g/mol. The van der Waals surface area contributed by atoms with Crippen molar-refractivity contribution in [3.63, 3.8) is 0 Å². The standard InChI is InChI=1S/C11H20N4S.HI/c1-3-4-6-13-11(12)14-7-5-10-15-8-9(2)16-10;/h8H,3-7H2,1-2H3,(H3,12,13,14);1H. The minimum atomic E-state index is 0. The molecule has 17 heavy (non-hydrogen) atoms. The SMILES string of the molecule is CCCCN=C(N)NCCc1ncc(C)s1.I. The van der Waals surface area contributed by atoms with Crippen molar-refractivity contribution in [2.45, 2.75) is 33.1 Å². The highest BCUT2D eigenvalue weighted by Crippen LogP contribution is 2.10. The minimum absolute atomic E-state index is 0. The van der Waals surface area contributed by atoms with Crippen molar-refractivity contribution < 1.29 is 0 Å². The average molecular weight is 368 g/mol. The molecule has 0 spiro atoms. The summed E-state index contributed by atoms with van der Waals surface area (Å²) < 4.78 is 0. The highest BCUT2D eigenvalue weighted by atomic mass is 127. The van der Waals surface area contributed by atoms with Crippen LogP contribution in [0.25, 0.3) is 0 Å². The highest BCUT2D eigenvalue weighted by Gasteiger charge is 1.98. The quantitative estimate of drug-likeness (QED) is 0.351. The van der Waals surface area contributed by atoms with Crippen molar-refractivity contribution in [3.05, 3.63) is 16.1 Å². The van der Waals surface area contributed by atoms with Gasteiger partial charge in [-0.1, -0.05) is 13.3 Å². The van der Waals surface area contributed by atoms with E-state index in [1.807, 2.05) is 6.20 Å². The average Bonchev–Trinajstić information content (AvgIpc) is 2.65. The van der Waals surface area contributed by atoms with Gasteiger partial charge >= 0.3 is 0 Å². The molecule has 0 amide bonds. The predicted octanol–water partition coefficient (Wildman–Crippen LogP) is 2.32. The van der Waals surface area contributed by atoms with Crippen molar-refractivity contribution >= 4 is 41.3 Å². The molecule has 1 heterocycles. The lowest BCUT2D eigenvalue weighted by molar-refractivity contribution is 0.790. The third-order valence-electron chi connectivity index (χ3n) is 2.11. The van der Waals surface area contributed by atoms with E-state index in [4.69, 9.17) is 5.73 Å². The van der Waals surface area contributed by atoms with Crippen LogP contribution < -0.4 is 11.1 Å². The number of aromatic nitrogens is 1. The fraction of sp³-hybridized carbons (Fsp3) is 0.636. The molecule has 0 radical (unpaired) electrons. The maximum absolute atomic E-state index is 5.71. The molecule has 3 N–H and O–H groups in total. The third-order valence-corrected chi connectivity index (χ3v) is 3.08. The van der Waals surface area contributed by atoms with Crippen LogP contribution in [0.3, 0.4) is 0 Å². The number of guanidine groups is 1. The summed E-state index contributed by atoms with van der Waals surface area (Å²) in [5.74, 6) is 0.543. The molecule has 1 rings (SSSR count). The molecule has 1 aromatic rings. The largest absolute Gasteiger partial charge is 0.370 e. The second-order valence-electron chi connectivity index (χ2n) is 3.66. The van der Waals surface area contributed by atoms with Crippen molar-refractivity contribution in [1.82, 2.24) is 10.3 Å². The summed E-state index contributed by atoms with van der Waals surface area (Å²) in [6, 6.07) is 0. The molecule has 1 aromatic heterocycles. The van der Waals surface area contributed by atoms with E-state index in [1.165, 1.54) is 4.88 Å². The zero-order chi connectivity index (χ0) is 11.8. The monoisotopic (exact) mass is 368 g/mol. The molecule has 0 bridgehead atoms. The molecule has 0 aliphatic heterocycles. The van der Waals surface area contributed by atoms with Crippen molar-refractivity contribution in [2.75, 3.05) is 13.1 Å². The van der Waals surface area contributed by atoms with Crippen LogP contribution in [0.5, 0.6) is 0 Å². The lowest BCUT2D eigenvalue weighted by Gasteiger charge is -2.03. The smallest absolute Gasteiger partial charge is 0.188 e. The Labute approximate surface area is 124 Å². The first-order valence-electron chi connectivity index (χ1n) is 5.67. The van der Waals surface area contributed by atoms with E-state index in [0.29, 0.717) is 5.96 Å². The Morgan fingerprint density at radius 3 is 2.94 bits per heavy atom. The number of unbranched alkanes of at least 4 members (excludes halogenated alkanes) is 1. The Balaban J connectivity index is 0.00000256. The van der Waals surface area contributed by atoms with Gasteiger partial charge in [0.05, 0.1) is 5.01 Å². The van der Waals surface area contributed by atoms with Gasteiger partial charge in [-0.15, -0.1) is 35.3 Å². The van der Waals surface area contributed by atoms with Gasteiger partial charge in [0.2, 0.25) is 0 Å². The Hall–Kier alpha value is -0.370. The van der Waals surface area contributed by atoms with Crippen LogP contribution >= 0.6 is 35.3 Å². The number of aryl methyl sites for hydroxylation is 1. The number of nitrogens with zero attached hydrogens (tertiary/aromatic N) is 2. The number of nitrogens with two attached hydrogens (primary N) is 1. The molecule has 0 fully saturated rings. The third kappa shape index (κ3) is 7.54. The molecule has 4 nitrogen and oxygen atoms in total. The van der Waals surface area contributed by atoms with Crippen molar-refractivity contribution in [2.24, 2.45) is 10.7 Å². The second kappa shape index (κ2) is 9.64. The minimum Gasteiger partial charge on any atom is -0.370 e. The Kier molecular flexibility index (Phi) is 9.43. The lowest BCUT2D eigenvalue weighted by atomic mass is 10.3. The number of nitrogens with one attached hydrogen (secondary N) is 1.